The lowest BCUT2D eigenvalue weighted by Crippen LogP contribution is -3.06. The Kier molecular flexibility index (Phi) is 4.38. The Morgan fingerprint density at radius 3 is 2.60 bits per heavy atom. The molecule has 4 heteroatoms. The molecule has 1 aromatic heterocycles. The van der Waals surface area contributed by atoms with E-state index in [9.17, 15) is 0 Å². The fraction of sp³-hybridized carbons (Fsp3) is 0.190. The van der Waals surface area contributed by atoms with Gasteiger partial charge in [0.1, 0.15) is 23.8 Å². The topological polar surface area (TPSA) is 26.6 Å². The lowest BCUT2D eigenvalue weighted by Gasteiger charge is -2.13. The molecule has 1 heterocycles. The van der Waals surface area contributed by atoms with E-state index in [-0.39, 0.29) is 0 Å². The predicted molar refractivity (Wildman–Crippen MR) is 104 cm³/mol. The molecule has 0 spiro atoms. The fourth-order valence-electron chi connectivity index (χ4n) is 3.17. The smallest absolute Gasteiger partial charge is 0.148 e. The van der Waals surface area contributed by atoms with Gasteiger partial charge in [-0.25, -0.2) is 4.98 Å². The number of methoxy groups -OCH3 is 1. The second-order valence-corrected chi connectivity index (χ2v) is 7.55. The molecule has 25 heavy (non-hydrogen) atoms. The molecule has 0 saturated heterocycles. The average Bonchev–Trinajstić information content (AvgIpc) is 3.03. The van der Waals surface area contributed by atoms with E-state index >= 15 is 0 Å². The van der Waals surface area contributed by atoms with Gasteiger partial charge >= 0.3 is 0 Å². The van der Waals surface area contributed by atoms with Crippen LogP contribution in [0.2, 0.25) is 0 Å². The predicted octanol–water partition coefficient (Wildman–Crippen LogP) is 3.67. The van der Waals surface area contributed by atoms with Crippen LogP contribution in [-0.2, 0) is 13.1 Å². The monoisotopic (exact) mass is 349 g/mol. The van der Waals surface area contributed by atoms with E-state index in [2.05, 4.69) is 55.6 Å². The maximum absolute atomic E-state index is 5.30. The maximum Gasteiger partial charge on any atom is 0.148 e. The van der Waals surface area contributed by atoms with Crippen molar-refractivity contribution in [2.75, 3.05) is 14.2 Å². The summed E-state index contributed by atoms with van der Waals surface area (Å²) in [6.07, 6.45) is 0. The maximum atomic E-state index is 5.30. The first-order chi connectivity index (χ1) is 12.2. The summed E-state index contributed by atoms with van der Waals surface area (Å²) in [5, 5.41) is 3.67. The number of hydrogen-bond acceptors (Lipinski definition) is 3. The molecular weight excluding hydrogens is 328 g/mol. The Hall–Kier alpha value is -2.43. The summed E-state index contributed by atoms with van der Waals surface area (Å²) in [6, 6.07) is 21.2. The van der Waals surface area contributed by atoms with Crippen molar-refractivity contribution in [1.29, 1.82) is 0 Å². The number of hydrogen-bond donors (Lipinski definition) is 1. The summed E-state index contributed by atoms with van der Waals surface area (Å²) in [5.74, 6) is 0.902. The van der Waals surface area contributed by atoms with Gasteiger partial charge in [-0.05, 0) is 41.1 Å². The van der Waals surface area contributed by atoms with Gasteiger partial charge in [-0.2, -0.15) is 0 Å². The minimum Gasteiger partial charge on any atom is -0.497 e. The minimum absolute atomic E-state index is 0.902. The van der Waals surface area contributed by atoms with Crippen LogP contribution in [0.3, 0.4) is 0 Å². The van der Waals surface area contributed by atoms with E-state index in [4.69, 9.17) is 9.72 Å². The highest BCUT2D eigenvalue weighted by atomic mass is 32.1. The van der Waals surface area contributed by atoms with Gasteiger partial charge in [-0.1, -0.05) is 30.3 Å². The molecular formula is C21H21N2OS+. The molecule has 3 aromatic carbocycles. The van der Waals surface area contributed by atoms with Crippen LogP contribution in [0.5, 0.6) is 5.75 Å². The van der Waals surface area contributed by atoms with E-state index in [1.165, 1.54) is 30.9 Å². The van der Waals surface area contributed by atoms with E-state index < -0.39 is 0 Å². The number of aromatic nitrogens is 1. The lowest BCUT2D eigenvalue weighted by atomic mass is 10.1. The molecule has 1 unspecified atom stereocenters. The van der Waals surface area contributed by atoms with Crippen LogP contribution in [0.1, 0.15) is 10.6 Å². The highest BCUT2D eigenvalue weighted by Crippen LogP contribution is 2.22. The first kappa shape index (κ1) is 16.1. The molecule has 0 radical (unpaired) electrons. The number of quaternary nitrogens is 1. The number of ether oxygens (including phenoxy) is 1. The minimum atomic E-state index is 0.902. The Morgan fingerprint density at radius 1 is 0.960 bits per heavy atom. The molecule has 1 atom stereocenters. The van der Waals surface area contributed by atoms with Crippen molar-refractivity contribution in [2.45, 2.75) is 13.1 Å². The molecule has 1 N–H and O–H groups in total. The number of thiazole rings is 1. The SMILES string of the molecule is COc1ccc2cc(C[NH+](C)Cc3nc4ccccc4s3)ccc2c1. The third-order valence-corrected chi connectivity index (χ3v) is 5.45. The fourth-order valence-corrected chi connectivity index (χ4v) is 4.26. The third-order valence-electron chi connectivity index (χ3n) is 4.41. The molecule has 0 amide bonds. The van der Waals surface area contributed by atoms with Crippen LogP contribution in [0.4, 0.5) is 0 Å². The zero-order chi connectivity index (χ0) is 17.2. The van der Waals surface area contributed by atoms with Gasteiger partial charge in [-0.15, -0.1) is 11.3 Å². The summed E-state index contributed by atoms with van der Waals surface area (Å²) in [4.78, 5) is 6.18. The first-order valence-corrected chi connectivity index (χ1v) is 9.25. The normalized spacial score (nSPS) is 12.6. The largest absolute Gasteiger partial charge is 0.497 e. The molecule has 4 aromatic rings. The molecule has 4 rings (SSSR count). The Labute approximate surface area is 151 Å². The van der Waals surface area contributed by atoms with E-state index in [1.54, 1.807) is 18.4 Å². The summed E-state index contributed by atoms with van der Waals surface area (Å²) in [5.41, 5.74) is 2.45. The zero-order valence-corrected chi connectivity index (χ0v) is 15.3. The van der Waals surface area contributed by atoms with Crippen molar-refractivity contribution in [3.05, 3.63) is 71.2 Å². The summed E-state index contributed by atoms with van der Waals surface area (Å²) >= 11 is 1.80. The molecule has 0 bridgehead atoms. The van der Waals surface area contributed by atoms with Gasteiger partial charge in [0.15, 0.2) is 0 Å². The standard InChI is InChI=1S/C21H20N2OS/c1-23(14-21-22-19-5-3-4-6-20(19)25-21)13-15-7-8-17-12-18(24-2)10-9-16(17)11-15/h3-12H,13-14H2,1-2H3/p+1. The quantitative estimate of drug-likeness (QED) is 0.595. The van der Waals surface area contributed by atoms with E-state index in [1.807, 2.05) is 12.1 Å². The molecule has 126 valence electrons. The van der Waals surface area contributed by atoms with Crippen LogP contribution in [0, 0.1) is 0 Å². The lowest BCUT2D eigenvalue weighted by molar-refractivity contribution is -0.907. The third kappa shape index (κ3) is 3.50. The number of rotatable bonds is 5. The average molecular weight is 349 g/mol. The molecule has 0 aliphatic heterocycles. The second kappa shape index (κ2) is 6.82. The molecule has 0 aliphatic rings. The van der Waals surface area contributed by atoms with Gasteiger partial charge in [0.2, 0.25) is 0 Å². The van der Waals surface area contributed by atoms with Crippen LogP contribution in [-0.4, -0.2) is 19.1 Å². The molecule has 0 fully saturated rings. The van der Waals surface area contributed by atoms with Crippen LogP contribution < -0.4 is 9.64 Å². The second-order valence-electron chi connectivity index (χ2n) is 6.43. The Balaban J connectivity index is 1.49. The van der Waals surface area contributed by atoms with Crippen molar-refractivity contribution < 1.29 is 9.64 Å². The van der Waals surface area contributed by atoms with Gasteiger partial charge in [0, 0.05) is 5.56 Å². The van der Waals surface area contributed by atoms with Crippen molar-refractivity contribution >= 4 is 32.3 Å². The summed E-state index contributed by atoms with van der Waals surface area (Å²) < 4.78 is 6.57. The number of fused-ring (bicyclic) bond motifs is 2. The summed E-state index contributed by atoms with van der Waals surface area (Å²) in [7, 11) is 3.93. The molecule has 0 saturated carbocycles. The van der Waals surface area contributed by atoms with Crippen LogP contribution >= 0.6 is 11.3 Å². The molecule has 3 nitrogen and oxygen atoms in total. The van der Waals surface area contributed by atoms with Crippen molar-refractivity contribution in [2.24, 2.45) is 0 Å². The van der Waals surface area contributed by atoms with Gasteiger partial charge in [-0.3, -0.25) is 0 Å². The number of nitrogens with zero attached hydrogens (tertiary/aromatic N) is 1. The van der Waals surface area contributed by atoms with Gasteiger partial charge < -0.3 is 9.64 Å². The molecule has 0 aliphatic carbocycles. The van der Waals surface area contributed by atoms with Crippen LogP contribution in [0.25, 0.3) is 21.0 Å². The first-order valence-electron chi connectivity index (χ1n) is 8.44. The highest BCUT2D eigenvalue weighted by molar-refractivity contribution is 7.18. The van der Waals surface area contributed by atoms with Gasteiger partial charge in [0.25, 0.3) is 0 Å². The van der Waals surface area contributed by atoms with Gasteiger partial charge in [0.05, 0.1) is 24.4 Å². The number of benzene rings is 3. The highest BCUT2D eigenvalue weighted by Gasteiger charge is 2.10. The van der Waals surface area contributed by atoms with Crippen molar-refractivity contribution in [3.8, 4) is 5.75 Å². The Bertz CT molecular complexity index is 992. The van der Waals surface area contributed by atoms with Crippen molar-refractivity contribution in [1.82, 2.24) is 4.98 Å². The summed E-state index contributed by atoms with van der Waals surface area (Å²) in [6.45, 7) is 1.93. The van der Waals surface area contributed by atoms with Crippen molar-refractivity contribution in [3.63, 3.8) is 0 Å². The van der Waals surface area contributed by atoms with Crippen LogP contribution in [0.15, 0.2) is 60.7 Å². The zero-order valence-electron chi connectivity index (χ0n) is 14.5. The van der Waals surface area contributed by atoms with E-state index in [0.29, 0.717) is 0 Å². The Morgan fingerprint density at radius 2 is 1.76 bits per heavy atom. The number of para-hydroxylation sites is 1. The number of nitrogens with one attached hydrogen (secondary N) is 1. The van der Waals surface area contributed by atoms with E-state index in [0.717, 1.165) is 24.4 Å².